The fraction of sp³-hybridized carbons (Fsp3) is 0.882. The van der Waals surface area contributed by atoms with Crippen LogP contribution in [-0.4, -0.2) is 18.0 Å². The molecule has 0 radical (unpaired) electrons. The Morgan fingerprint density at radius 3 is 1.52 bits per heavy atom. The molecule has 0 aliphatic rings. The van der Waals surface area contributed by atoms with E-state index in [2.05, 4.69) is 31.4 Å². The van der Waals surface area contributed by atoms with E-state index in [4.69, 9.17) is 0 Å². The van der Waals surface area contributed by atoms with E-state index >= 15 is 0 Å². The van der Waals surface area contributed by atoms with Crippen LogP contribution in [-0.2, 0) is 9.59 Å². The SMILES string of the molecule is CCCCCC(=O)NC(CCCC)NC(=O)CCCCC. The van der Waals surface area contributed by atoms with Crippen molar-refractivity contribution < 1.29 is 9.59 Å². The maximum absolute atomic E-state index is 11.9. The van der Waals surface area contributed by atoms with Crippen molar-refractivity contribution in [3.8, 4) is 0 Å². The standard InChI is InChI=1S/C17H34N2O2/c1-4-7-10-13-16(20)18-15(12-9-6-3)19-17(21)14-11-8-5-2/h15H,4-14H2,1-3H3,(H,18,20)(H,19,21). The molecule has 0 aromatic heterocycles. The minimum absolute atomic E-state index is 0.0541. The average Bonchev–Trinajstić information content (AvgIpc) is 2.45. The van der Waals surface area contributed by atoms with Crippen molar-refractivity contribution in [2.24, 2.45) is 0 Å². The molecule has 4 nitrogen and oxygen atoms in total. The molecule has 4 heteroatoms. The van der Waals surface area contributed by atoms with Gasteiger partial charge in [0.1, 0.15) is 6.17 Å². The van der Waals surface area contributed by atoms with Gasteiger partial charge in [0.05, 0.1) is 0 Å². The van der Waals surface area contributed by atoms with E-state index in [1.54, 1.807) is 0 Å². The van der Waals surface area contributed by atoms with Crippen LogP contribution in [0, 0.1) is 0 Å². The van der Waals surface area contributed by atoms with Crippen LogP contribution in [0.4, 0.5) is 0 Å². The van der Waals surface area contributed by atoms with Crippen LogP contribution >= 0.6 is 0 Å². The molecule has 0 spiro atoms. The highest BCUT2D eigenvalue weighted by Gasteiger charge is 2.14. The number of nitrogens with one attached hydrogen (secondary N) is 2. The highest BCUT2D eigenvalue weighted by molar-refractivity contribution is 5.79. The van der Waals surface area contributed by atoms with Gasteiger partial charge < -0.3 is 10.6 Å². The van der Waals surface area contributed by atoms with Gasteiger partial charge in [0.2, 0.25) is 11.8 Å². The summed E-state index contributed by atoms with van der Waals surface area (Å²) in [7, 11) is 0. The van der Waals surface area contributed by atoms with Gasteiger partial charge in [-0.3, -0.25) is 9.59 Å². The Morgan fingerprint density at radius 1 is 0.714 bits per heavy atom. The van der Waals surface area contributed by atoms with Crippen LogP contribution in [0.1, 0.15) is 91.4 Å². The summed E-state index contributed by atoms with van der Waals surface area (Å²) in [6, 6.07) is 0. The molecule has 0 saturated heterocycles. The minimum atomic E-state index is -0.201. The Kier molecular flexibility index (Phi) is 13.2. The summed E-state index contributed by atoms with van der Waals surface area (Å²) in [4.78, 5) is 23.7. The third-order valence-electron chi connectivity index (χ3n) is 3.53. The van der Waals surface area contributed by atoms with E-state index in [-0.39, 0.29) is 18.0 Å². The number of hydrogen-bond acceptors (Lipinski definition) is 2. The first-order valence-electron chi connectivity index (χ1n) is 8.72. The lowest BCUT2D eigenvalue weighted by atomic mass is 10.1. The lowest BCUT2D eigenvalue weighted by Crippen LogP contribution is -2.47. The van der Waals surface area contributed by atoms with Crippen molar-refractivity contribution >= 4 is 11.8 Å². The average molecular weight is 298 g/mol. The molecule has 0 atom stereocenters. The van der Waals surface area contributed by atoms with Crippen molar-refractivity contribution in [1.29, 1.82) is 0 Å². The highest BCUT2D eigenvalue weighted by atomic mass is 16.2. The third kappa shape index (κ3) is 12.4. The Hall–Kier alpha value is -1.06. The molecule has 124 valence electrons. The van der Waals surface area contributed by atoms with Crippen LogP contribution in [0.15, 0.2) is 0 Å². The first kappa shape index (κ1) is 19.9. The number of unbranched alkanes of at least 4 members (excludes halogenated alkanes) is 5. The first-order chi connectivity index (χ1) is 10.1. The van der Waals surface area contributed by atoms with Crippen LogP contribution in [0.2, 0.25) is 0 Å². The summed E-state index contributed by atoms with van der Waals surface area (Å²) in [5.74, 6) is 0.108. The largest absolute Gasteiger partial charge is 0.336 e. The van der Waals surface area contributed by atoms with Gasteiger partial charge in [-0.2, -0.15) is 0 Å². The number of rotatable bonds is 13. The van der Waals surface area contributed by atoms with Crippen LogP contribution in [0.25, 0.3) is 0 Å². The van der Waals surface area contributed by atoms with E-state index in [9.17, 15) is 9.59 Å². The zero-order chi connectivity index (χ0) is 15.9. The second kappa shape index (κ2) is 13.9. The van der Waals surface area contributed by atoms with Gasteiger partial charge in [-0.1, -0.05) is 52.9 Å². The fourth-order valence-corrected chi connectivity index (χ4v) is 2.19. The van der Waals surface area contributed by atoms with Gasteiger partial charge in [-0.25, -0.2) is 0 Å². The smallest absolute Gasteiger partial charge is 0.221 e. The molecule has 2 N–H and O–H groups in total. The molecule has 0 aliphatic carbocycles. The maximum Gasteiger partial charge on any atom is 0.221 e. The van der Waals surface area contributed by atoms with Crippen molar-refractivity contribution in [3.63, 3.8) is 0 Å². The van der Waals surface area contributed by atoms with E-state index in [0.29, 0.717) is 12.8 Å². The molecule has 0 saturated carbocycles. The van der Waals surface area contributed by atoms with Crippen molar-refractivity contribution in [2.45, 2.75) is 97.6 Å². The Bertz CT molecular complexity index is 256. The Labute approximate surface area is 130 Å². The summed E-state index contributed by atoms with van der Waals surface area (Å²) in [5.41, 5.74) is 0. The van der Waals surface area contributed by atoms with Crippen LogP contribution < -0.4 is 10.6 Å². The summed E-state index contributed by atoms with van der Waals surface area (Å²) in [6.45, 7) is 6.36. The Balaban J connectivity index is 4.11. The van der Waals surface area contributed by atoms with Gasteiger partial charge in [-0.15, -0.1) is 0 Å². The monoisotopic (exact) mass is 298 g/mol. The fourth-order valence-electron chi connectivity index (χ4n) is 2.19. The zero-order valence-corrected chi connectivity index (χ0v) is 14.2. The van der Waals surface area contributed by atoms with Crippen molar-refractivity contribution in [1.82, 2.24) is 10.6 Å². The normalized spacial score (nSPS) is 10.7. The topological polar surface area (TPSA) is 58.2 Å². The quantitative estimate of drug-likeness (QED) is 0.400. The summed E-state index contributed by atoms with van der Waals surface area (Å²) in [6.07, 6.45) is 10.0. The van der Waals surface area contributed by atoms with Crippen molar-refractivity contribution in [3.05, 3.63) is 0 Å². The molecule has 0 rings (SSSR count). The molecular weight excluding hydrogens is 264 g/mol. The molecule has 0 aliphatic heterocycles. The first-order valence-corrected chi connectivity index (χ1v) is 8.72. The summed E-state index contributed by atoms with van der Waals surface area (Å²) >= 11 is 0. The predicted molar refractivity (Wildman–Crippen MR) is 87.9 cm³/mol. The summed E-state index contributed by atoms with van der Waals surface area (Å²) in [5, 5.41) is 5.92. The molecule has 0 aromatic carbocycles. The second-order valence-corrected chi connectivity index (χ2v) is 5.74. The molecule has 0 aromatic rings. The molecule has 0 fully saturated rings. The lowest BCUT2D eigenvalue weighted by Gasteiger charge is -2.20. The van der Waals surface area contributed by atoms with Crippen LogP contribution in [0.3, 0.4) is 0 Å². The van der Waals surface area contributed by atoms with Gasteiger partial charge in [0, 0.05) is 12.8 Å². The number of hydrogen-bond donors (Lipinski definition) is 2. The number of carbonyl (C=O) groups excluding carboxylic acids is 2. The minimum Gasteiger partial charge on any atom is -0.336 e. The molecule has 0 unspecified atom stereocenters. The van der Waals surface area contributed by atoms with E-state index in [1.165, 1.54) is 0 Å². The van der Waals surface area contributed by atoms with Crippen molar-refractivity contribution in [2.75, 3.05) is 0 Å². The Morgan fingerprint density at radius 2 is 1.14 bits per heavy atom. The van der Waals surface area contributed by atoms with E-state index in [1.807, 2.05) is 0 Å². The highest BCUT2D eigenvalue weighted by Crippen LogP contribution is 2.04. The van der Waals surface area contributed by atoms with Crippen LogP contribution in [0.5, 0.6) is 0 Å². The predicted octanol–water partition coefficient (Wildman–Crippen LogP) is 3.90. The van der Waals surface area contributed by atoms with Gasteiger partial charge >= 0.3 is 0 Å². The van der Waals surface area contributed by atoms with Gasteiger partial charge in [-0.05, 0) is 25.7 Å². The number of amides is 2. The molecule has 2 amide bonds. The summed E-state index contributed by atoms with van der Waals surface area (Å²) < 4.78 is 0. The van der Waals surface area contributed by atoms with E-state index < -0.39 is 0 Å². The number of carbonyl (C=O) groups is 2. The van der Waals surface area contributed by atoms with Gasteiger partial charge in [0.15, 0.2) is 0 Å². The third-order valence-corrected chi connectivity index (χ3v) is 3.53. The van der Waals surface area contributed by atoms with E-state index in [0.717, 1.165) is 57.8 Å². The maximum atomic E-state index is 11.9. The second-order valence-electron chi connectivity index (χ2n) is 5.74. The molecule has 0 heterocycles. The van der Waals surface area contributed by atoms with Gasteiger partial charge in [0.25, 0.3) is 0 Å². The lowest BCUT2D eigenvalue weighted by molar-refractivity contribution is -0.124. The molecule has 21 heavy (non-hydrogen) atoms. The molecule has 0 bridgehead atoms. The molecular formula is C17H34N2O2. The zero-order valence-electron chi connectivity index (χ0n) is 14.2.